The van der Waals surface area contributed by atoms with Crippen molar-refractivity contribution in [2.45, 2.75) is 26.2 Å². The maximum atomic E-state index is 12.8. The zero-order valence-electron chi connectivity index (χ0n) is 16.4. The number of carbonyl (C=O) groups is 2. The fraction of sp³-hybridized carbons (Fsp3) is 0.286. The van der Waals surface area contributed by atoms with Crippen molar-refractivity contribution in [1.29, 1.82) is 0 Å². The summed E-state index contributed by atoms with van der Waals surface area (Å²) in [5, 5.41) is 5.15. The van der Waals surface area contributed by atoms with Crippen LogP contribution in [0.2, 0.25) is 0 Å². The summed E-state index contributed by atoms with van der Waals surface area (Å²) < 4.78 is 10.7. The third-order valence-corrected chi connectivity index (χ3v) is 5.83. The van der Waals surface area contributed by atoms with Crippen LogP contribution in [0.25, 0.3) is 11.3 Å². The standard InChI is InChI=1S/C21H21N3O4S/c1-11-18-14(5-4-6-16(18)25)22-19(11)20(26)24-21-23-15(10-29-21)13-9-12(27-2)7-8-17(13)28-3/h7-10,22H,4-6H2,1-3H3,(H,23,24,26). The minimum absolute atomic E-state index is 0.0979. The molecule has 3 aromatic rings. The van der Waals surface area contributed by atoms with Crippen LogP contribution in [0.1, 0.15) is 44.9 Å². The van der Waals surface area contributed by atoms with Gasteiger partial charge in [0.05, 0.1) is 19.9 Å². The molecule has 2 N–H and O–H groups in total. The highest BCUT2D eigenvalue weighted by Crippen LogP contribution is 2.35. The lowest BCUT2D eigenvalue weighted by atomic mass is 9.94. The molecule has 0 radical (unpaired) electrons. The van der Waals surface area contributed by atoms with Crippen molar-refractivity contribution < 1.29 is 19.1 Å². The molecule has 0 fully saturated rings. The zero-order chi connectivity index (χ0) is 20.5. The summed E-state index contributed by atoms with van der Waals surface area (Å²) in [4.78, 5) is 32.6. The molecule has 0 saturated carbocycles. The van der Waals surface area contributed by atoms with Gasteiger partial charge in [0.15, 0.2) is 10.9 Å². The number of fused-ring (bicyclic) bond motifs is 1. The summed E-state index contributed by atoms with van der Waals surface area (Å²) in [7, 11) is 3.19. The van der Waals surface area contributed by atoms with E-state index < -0.39 is 0 Å². The number of hydrogen-bond acceptors (Lipinski definition) is 6. The van der Waals surface area contributed by atoms with Crippen LogP contribution in [-0.2, 0) is 6.42 Å². The van der Waals surface area contributed by atoms with E-state index in [0.717, 1.165) is 24.1 Å². The van der Waals surface area contributed by atoms with E-state index in [1.165, 1.54) is 11.3 Å². The van der Waals surface area contributed by atoms with Crippen LogP contribution in [0.3, 0.4) is 0 Å². The molecule has 8 heteroatoms. The number of hydrogen-bond donors (Lipinski definition) is 2. The van der Waals surface area contributed by atoms with Gasteiger partial charge in [-0.1, -0.05) is 0 Å². The van der Waals surface area contributed by atoms with E-state index in [4.69, 9.17) is 9.47 Å². The quantitative estimate of drug-likeness (QED) is 0.655. The van der Waals surface area contributed by atoms with Crippen LogP contribution in [0, 0.1) is 6.92 Å². The normalized spacial score (nSPS) is 13.1. The van der Waals surface area contributed by atoms with Gasteiger partial charge in [0.2, 0.25) is 0 Å². The number of amides is 1. The molecule has 1 aromatic carbocycles. The number of nitrogens with one attached hydrogen (secondary N) is 2. The number of ether oxygens (including phenoxy) is 2. The van der Waals surface area contributed by atoms with Gasteiger partial charge in [0.25, 0.3) is 5.91 Å². The highest BCUT2D eigenvalue weighted by molar-refractivity contribution is 7.14. The topological polar surface area (TPSA) is 93.3 Å². The van der Waals surface area contributed by atoms with Crippen molar-refractivity contribution in [1.82, 2.24) is 9.97 Å². The minimum atomic E-state index is -0.303. The highest BCUT2D eigenvalue weighted by atomic mass is 32.1. The summed E-state index contributed by atoms with van der Waals surface area (Å²) in [6, 6.07) is 5.47. The van der Waals surface area contributed by atoms with Crippen LogP contribution in [0.15, 0.2) is 23.6 Å². The number of aromatic nitrogens is 2. The highest BCUT2D eigenvalue weighted by Gasteiger charge is 2.26. The van der Waals surface area contributed by atoms with Crippen LogP contribution in [-0.4, -0.2) is 35.9 Å². The number of aromatic amines is 1. The van der Waals surface area contributed by atoms with Crippen LogP contribution >= 0.6 is 11.3 Å². The number of ketones is 1. The van der Waals surface area contributed by atoms with Crippen molar-refractivity contribution in [2.24, 2.45) is 0 Å². The second-order valence-corrected chi connectivity index (χ2v) is 7.67. The van der Waals surface area contributed by atoms with Crippen LogP contribution in [0.5, 0.6) is 11.5 Å². The summed E-state index contributed by atoms with van der Waals surface area (Å²) in [6.45, 7) is 1.81. The smallest absolute Gasteiger partial charge is 0.274 e. The van der Waals surface area contributed by atoms with Crippen molar-refractivity contribution in [3.05, 3.63) is 46.1 Å². The van der Waals surface area contributed by atoms with Gasteiger partial charge < -0.3 is 14.5 Å². The molecule has 7 nitrogen and oxygen atoms in total. The average molecular weight is 411 g/mol. The molecule has 0 atom stereocenters. The number of H-pyrrole nitrogens is 1. The number of thiazole rings is 1. The molecule has 0 saturated heterocycles. The molecule has 2 heterocycles. The lowest BCUT2D eigenvalue weighted by Gasteiger charge is -2.09. The molecule has 29 heavy (non-hydrogen) atoms. The number of rotatable bonds is 5. The molecule has 1 amide bonds. The number of aryl methyl sites for hydroxylation is 1. The fourth-order valence-electron chi connectivity index (χ4n) is 3.63. The Bertz CT molecular complexity index is 1100. The Morgan fingerprint density at radius 3 is 2.79 bits per heavy atom. The number of carbonyl (C=O) groups excluding carboxylic acids is 2. The van der Waals surface area contributed by atoms with Crippen LogP contribution < -0.4 is 14.8 Å². The summed E-state index contributed by atoms with van der Waals surface area (Å²) in [6.07, 6.45) is 2.13. The van der Waals surface area contributed by atoms with Gasteiger partial charge in [-0.15, -0.1) is 11.3 Å². The van der Waals surface area contributed by atoms with E-state index in [0.29, 0.717) is 45.6 Å². The van der Waals surface area contributed by atoms with Gasteiger partial charge in [-0.3, -0.25) is 14.9 Å². The third kappa shape index (κ3) is 3.51. The van der Waals surface area contributed by atoms with Crippen molar-refractivity contribution >= 4 is 28.2 Å². The van der Waals surface area contributed by atoms with E-state index >= 15 is 0 Å². The first kappa shape index (κ1) is 19.2. The molecule has 0 aliphatic heterocycles. The number of benzene rings is 1. The van der Waals surface area contributed by atoms with Gasteiger partial charge in [-0.05, 0) is 43.5 Å². The van der Waals surface area contributed by atoms with Crippen LogP contribution in [0.4, 0.5) is 5.13 Å². The zero-order valence-corrected chi connectivity index (χ0v) is 17.2. The molecule has 0 unspecified atom stereocenters. The van der Waals surface area contributed by atoms with Gasteiger partial charge in [0, 0.05) is 28.6 Å². The SMILES string of the molecule is COc1ccc(OC)c(-c2csc(NC(=O)c3[nH]c4c(c3C)C(=O)CCC4)n2)c1. The van der Waals surface area contributed by atoms with E-state index in [-0.39, 0.29) is 11.7 Å². The molecule has 0 bridgehead atoms. The Balaban J connectivity index is 1.59. The molecule has 0 spiro atoms. The van der Waals surface area contributed by atoms with Gasteiger partial charge in [0.1, 0.15) is 17.2 Å². The first-order valence-corrected chi connectivity index (χ1v) is 10.1. The Labute approximate surface area is 172 Å². The maximum absolute atomic E-state index is 12.8. The molecule has 2 aromatic heterocycles. The Morgan fingerprint density at radius 1 is 1.24 bits per heavy atom. The third-order valence-electron chi connectivity index (χ3n) is 5.07. The Kier molecular flexibility index (Phi) is 5.10. The second-order valence-electron chi connectivity index (χ2n) is 6.81. The molecule has 150 valence electrons. The van der Waals surface area contributed by atoms with E-state index in [9.17, 15) is 9.59 Å². The lowest BCUT2D eigenvalue weighted by Crippen LogP contribution is -2.13. The monoisotopic (exact) mass is 411 g/mol. The second kappa shape index (κ2) is 7.71. The molecular weight excluding hydrogens is 390 g/mol. The summed E-state index contributed by atoms with van der Waals surface area (Å²) in [5.74, 6) is 1.15. The number of nitrogens with zero attached hydrogens (tertiary/aromatic N) is 1. The predicted octanol–water partition coefficient (Wildman–Crippen LogP) is 4.24. The number of Topliss-reactive ketones (excluding diaryl/α,β-unsaturated/α-hetero) is 1. The summed E-state index contributed by atoms with van der Waals surface area (Å²) in [5.41, 5.74) is 4.10. The molecule has 1 aliphatic carbocycles. The Morgan fingerprint density at radius 2 is 2.07 bits per heavy atom. The largest absolute Gasteiger partial charge is 0.497 e. The summed E-state index contributed by atoms with van der Waals surface area (Å²) >= 11 is 1.32. The van der Waals surface area contributed by atoms with E-state index in [2.05, 4.69) is 15.3 Å². The predicted molar refractivity (Wildman–Crippen MR) is 111 cm³/mol. The first-order chi connectivity index (χ1) is 14.0. The average Bonchev–Trinajstić information content (AvgIpc) is 3.32. The molecule has 4 rings (SSSR count). The number of anilines is 1. The van der Waals surface area contributed by atoms with Gasteiger partial charge >= 0.3 is 0 Å². The lowest BCUT2D eigenvalue weighted by molar-refractivity contribution is 0.0971. The van der Waals surface area contributed by atoms with Gasteiger partial charge in [-0.25, -0.2) is 4.98 Å². The van der Waals surface area contributed by atoms with E-state index in [1.54, 1.807) is 14.2 Å². The van der Waals surface area contributed by atoms with Crippen molar-refractivity contribution in [2.75, 3.05) is 19.5 Å². The molecular formula is C21H21N3O4S. The van der Waals surface area contributed by atoms with Crippen molar-refractivity contribution in [3.63, 3.8) is 0 Å². The van der Waals surface area contributed by atoms with E-state index in [1.807, 2.05) is 30.5 Å². The first-order valence-electron chi connectivity index (χ1n) is 9.25. The molecule has 1 aliphatic rings. The number of methoxy groups -OCH3 is 2. The fourth-order valence-corrected chi connectivity index (χ4v) is 4.34. The minimum Gasteiger partial charge on any atom is -0.497 e. The maximum Gasteiger partial charge on any atom is 0.274 e. The van der Waals surface area contributed by atoms with Crippen molar-refractivity contribution in [3.8, 4) is 22.8 Å². The van der Waals surface area contributed by atoms with Gasteiger partial charge in [-0.2, -0.15) is 0 Å². The Hall–Kier alpha value is -3.13.